The van der Waals surface area contributed by atoms with Crippen molar-refractivity contribution in [2.45, 2.75) is 72.1 Å². The second-order valence-corrected chi connectivity index (χ2v) is 9.55. The van der Waals surface area contributed by atoms with Gasteiger partial charge in [-0.05, 0) is 81.5 Å². The lowest BCUT2D eigenvalue weighted by molar-refractivity contribution is -0.137. The maximum absolute atomic E-state index is 13.5. The molecule has 0 N–H and O–H groups in total. The normalized spacial score (nSPS) is 15.2. The molecule has 1 saturated carbocycles. The molecule has 3 nitrogen and oxygen atoms in total. The molecule has 0 aromatic heterocycles. The van der Waals surface area contributed by atoms with Gasteiger partial charge in [-0.2, -0.15) is 13.2 Å². The molecule has 2 aromatic rings. The Morgan fingerprint density at radius 1 is 0.938 bits per heavy atom. The van der Waals surface area contributed by atoms with E-state index in [9.17, 15) is 22.8 Å². The molecule has 0 spiro atoms. The highest BCUT2D eigenvalue weighted by atomic mass is 19.4. The predicted octanol–water partition coefficient (Wildman–Crippen LogP) is 6.54. The van der Waals surface area contributed by atoms with Gasteiger partial charge in [0.1, 0.15) is 5.78 Å². The van der Waals surface area contributed by atoms with Gasteiger partial charge in [0.2, 0.25) is 0 Å². The van der Waals surface area contributed by atoms with Gasteiger partial charge in [0.15, 0.2) is 0 Å². The average molecular weight is 446 g/mol. The lowest BCUT2D eigenvalue weighted by Crippen LogP contribution is -2.42. The summed E-state index contributed by atoms with van der Waals surface area (Å²) in [5.74, 6) is -0.138. The highest BCUT2D eigenvalue weighted by Gasteiger charge is 2.44. The van der Waals surface area contributed by atoms with Crippen LogP contribution in [-0.2, 0) is 17.4 Å². The van der Waals surface area contributed by atoms with Crippen molar-refractivity contribution < 1.29 is 22.8 Å². The number of nitrogens with zero attached hydrogens (tertiary/aromatic N) is 1. The third kappa shape index (κ3) is 5.22. The zero-order chi connectivity index (χ0) is 23.8. The van der Waals surface area contributed by atoms with E-state index in [0.717, 1.165) is 25.0 Å². The summed E-state index contributed by atoms with van der Waals surface area (Å²) >= 11 is 0. The van der Waals surface area contributed by atoms with Crippen LogP contribution in [0.1, 0.15) is 68.9 Å². The summed E-state index contributed by atoms with van der Waals surface area (Å²) in [6.45, 7) is 9.64. The molecule has 1 aliphatic carbocycles. The van der Waals surface area contributed by atoms with Crippen molar-refractivity contribution in [3.05, 3.63) is 59.2 Å². The van der Waals surface area contributed by atoms with Gasteiger partial charge >= 0.3 is 6.18 Å². The van der Waals surface area contributed by atoms with Crippen LogP contribution >= 0.6 is 0 Å². The molecule has 0 heterocycles. The summed E-state index contributed by atoms with van der Waals surface area (Å²) in [5.41, 5.74) is 0.630. The number of carbonyl (C=O) groups is 2. The molecule has 3 rings (SSSR count). The van der Waals surface area contributed by atoms with Gasteiger partial charge in [-0.25, -0.2) is 0 Å². The summed E-state index contributed by atoms with van der Waals surface area (Å²) in [6.07, 6.45) is -2.95. The van der Waals surface area contributed by atoms with Crippen LogP contribution in [0.15, 0.2) is 42.5 Å². The van der Waals surface area contributed by atoms with Crippen LogP contribution in [0.25, 0.3) is 11.1 Å². The minimum atomic E-state index is -4.51. The first-order chi connectivity index (χ1) is 14.8. The highest BCUT2D eigenvalue weighted by Crippen LogP contribution is 2.46. The van der Waals surface area contributed by atoms with Gasteiger partial charge in [0, 0.05) is 29.5 Å². The molecule has 0 radical (unpaired) electrons. The Kier molecular flexibility index (Phi) is 6.55. The Labute approximate surface area is 187 Å². The van der Waals surface area contributed by atoms with E-state index in [1.807, 2.05) is 34.6 Å². The molecule has 0 saturated heterocycles. The Hall–Kier alpha value is -2.63. The lowest BCUT2D eigenvalue weighted by Gasteiger charge is -2.30. The fourth-order valence-electron chi connectivity index (χ4n) is 4.01. The number of hydrogen-bond acceptors (Lipinski definition) is 2. The zero-order valence-electron chi connectivity index (χ0n) is 19.2. The third-order valence-corrected chi connectivity index (χ3v) is 6.17. The Balaban J connectivity index is 1.93. The number of carbonyl (C=O) groups excluding carboxylic acids is 2. The van der Waals surface area contributed by atoms with Crippen molar-refractivity contribution in [2.75, 3.05) is 0 Å². The number of rotatable bonds is 7. The van der Waals surface area contributed by atoms with E-state index < -0.39 is 17.2 Å². The zero-order valence-corrected chi connectivity index (χ0v) is 19.2. The molecule has 0 aliphatic heterocycles. The van der Waals surface area contributed by atoms with Crippen LogP contribution in [-0.4, -0.2) is 28.7 Å². The van der Waals surface area contributed by atoms with Gasteiger partial charge in [-0.1, -0.05) is 25.1 Å². The van der Waals surface area contributed by atoms with Crippen LogP contribution in [0.4, 0.5) is 13.2 Å². The molecular weight excluding hydrogens is 415 g/mol. The van der Waals surface area contributed by atoms with Crippen molar-refractivity contribution in [3.8, 4) is 11.1 Å². The number of alkyl halides is 3. The van der Waals surface area contributed by atoms with Crippen molar-refractivity contribution in [2.24, 2.45) is 5.41 Å². The fourth-order valence-corrected chi connectivity index (χ4v) is 4.01. The molecule has 6 heteroatoms. The number of halogens is 3. The maximum Gasteiger partial charge on any atom is 0.416 e. The van der Waals surface area contributed by atoms with E-state index in [2.05, 4.69) is 0 Å². The number of Topliss-reactive ketones (excluding diaryl/α,β-unsaturated/α-hetero) is 1. The summed E-state index contributed by atoms with van der Waals surface area (Å²) in [6, 6.07) is 10.5. The molecule has 0 unspecified atom stereocenters. The molecule has 1 fully saturated rings. The van der Waals surface area contributed by atoms with E-state index in [-0.39, 0.29) is 30.2 Å². The standard InChI is InChI=1S/C26H30F3NO2/c1-16(2)30(17(3)4)24(32)20-8-6-19(7-9-20)21-12-18(13-22(15-21)26(27,28)29)14-23(31)25(5)10-11-25/h6-9,12-13,15-17H,10-11,14H2,1-5H3. The lowest BCUT2D eigenvalue weighted by atomic mass is 9.93. The van der Waals surface area contributed by atoms with Crippen LogP contribution in [0.5, 0.6) is 0 Å². The van der Waals surface area contributed by atoms with Crippen LogP contribution in [0.2, 0.25) is 0 Å². The monoisotopic (exact) mass is 445 g/mol. The molecule has 0 bridgehead atoms. The minimum absolute atomic E-state index is 0.0122. The van der Waals surface area contributed by atoms with Gasteiger partial charge < -0.3 is 4.90 Å². The van der Waals surface area contributed by atoms with Gasteiger partial charge in [-0.15, -0.1) is 0 Å². The highest BCUT2D eigenvalue weighted by molar-refractivity contribution is 5.95. The van der Waals surface area contributed by atoms with Crippen LogP contribution in [0, 0.1) is 5.41 Å². The molecule has 1 amide bonds. The largest absolute Gasteiger partial charge is 0.416 e. The third-order valence-electron chi connectivity index (χ3n) is 6.17. The number of amides is 1. The topological polar surface area (TPSA) is 37.4 Å². The van der Waals surface area contributed by atoms with Crippen molar-refractivity contribution in [1.29, 1.82) is 0 Å². The maximum atomic E-state index is 13.5. The molecule has 0 atom stereocenters. The molecular formula is C26H30F3NO2. The summed E-state index contributed by atoms with van der Waals surface area (Å²) in [7, 11) is 0. The molecule has 1 aliphatic rings. The first kappa shape index (κ1) is 24.0. The number of hydrogen-bond donors (Lipinski definition) is 0. The average Bonchev–Trinajstić information content (AvgIpc) is 3.45. The van der Waals surface area contributed by atoms with E-state index >= 15 is 0 Å². The van der Waals surface area contributed by atoms with E-state index in [1.54, 1.807) is 35.2 Å². The van der Waals surface area contributed by atoms with Gasteiger partial charge in [0.25, 0.3) is 5.91 Å². The summed E-state index contributed by atoms with van der Waals surface area (Å²) < 4.78 is 40.6. The van der Waals surface area contributed by atoms with Gasteiger partial charge in [-0.3, -0.25) is 9.59 Å². The fraction of sp³-hybridized carbons (Fsp3) is 0.462. The Morgan fingerprint density at radius 3 is 1.97 bits per heavy atom. The Morgan fingerprint density at radius 2 is 1.50 bits per heavy atom. The van der Waals surface area contributed by atoms with E-state index in [1.165, 1.54) is 0 Å². The van der Waals surface area contributed by atoms with Crippen LogP contribution in [0.3, 0.4) is 0 Å². The predicted molar refractivity (Wildman–Crippen MR) is 119 cm³/mol. The van der Waals surface area contributed by atoms with Gasteiger partial charge in [0.05, 0.1) is 5.56 Å². The molecule has 172 valence electrons. The van der Waals surface area contributed by atoms with Crippen molar-refractivity contribution in [1.82, 2.24) is 4.90 Å². The SMILES string of the molecule is CC(C)N(C(=O)c1ccc(-c2cc(CC(=O)C3(C)CC3)cc(C(F)(F)F)c2)cc1)C(C)C. The van der Waals surface area contributed by atoms with Crippen molar-refractivity contribution >= 4 is 11.7 Å². The summed E-state index contributed by atoms with van der Waals surface area (Å²) in [5, 5.41) is 0. The summed E-state index contributed by atoms with van der Waals surface area (Å²) in [4.78, 5) is 27.1. The molecule has 32 heavy (non-hydrogen) atoms. The van der Waals surface area contributed by atoms with Crippen molar-refractivity contribution in [3.63, 3.8) is 0 Å². The smallest absolute Gasteiger partial charge is 0.334 e. The first-order valence-corrected chi connectivity index (χ1v) is 11.0. The minimum Gasteiger partial charge on any atom is -0.334 e. The Bertz CT molecular complexity index is 995. The second-order valence-electron chi connectivity index (χ2n) is 9.55. The number of benzene rings is 2. The van der Waals surface area contributed by atoms with Crippen LogP contribution < -0.4 is 0 Å². The second kappa shape index (κ2) is 8.72. The van der Waals surface area contributed by atoms with E-state index in [4.69, 9.17) is 0 Å². The first-order valence-electron chi connectivity index (χ1n) is 11.0. The molecule has 2 aromatic carbocycles. The van der Waals surface area contributed by atoms with E-state index in [0.29, 0.717) is 22.3 Å². The quantitative estimate of drug-likeness (QED) is 0.485. The number of ketones is 1.